The minimum atomic E-state index is 0.802. The molecule has 0 aromatic rings. The zero-order valence-corrected chi connectivity index (χ0v) is 12.0. The average molecular weight is 237 g/mol. The minimum Gasteiger partial charge on any atom is -0.311 e. The lowest BCUT2D eigenvalue weighted by atomic mass is 9.77. The maximum Gasteiger partial charge on any atom is 0.00979 e. The molecule has 100 valence electrons. The second-order valence-corrected chi connectivity index (χ2v) is 6.73. The molecule has 2 fully saturated rings. The van der Waals surface area contributed by atoms with E-state index < -0.39 is 0 Å². The summed E-state index contributed by atoms with van der Waals surface area (Å²) in [6.07, 6.45) is 11.5. The number of nitrogens with one attached hydrogen (secondary N) is 1. The molecule has 2 aliphatic rings. The molecule has 1 N–H and O–H groups in total. The number of hydrogen-bond acceptors (Lipinski definition) is 1. The molecular weight excluding hydrogens is 206 g/mol. The van der Waals surface area contributed by atoms with E-state index in [4.69, 9.17) is 0 Å². The molecule has 0 saturated heterocycles. The Morgan fingerprint density at radius 1 is 0.941 bits per heavy atom. The van der Waals surface area contributed by atoms with Crippen molar-refractivity contribution in [2.45, 2.75) is 84.2 Å². The molecule has 0 heterocycles. The van der Waals surface area contributed by atoms with Crippen LogP contribution in [0.4, 0.5) is 0 Å². The van der Waals surface area contributed by atoms with Crippen LogP contribution in [0.2, 0.25) is 0 Å². The quantitative estimate of drug-likeness (QED) is 0.768. The first-order chi connectivity index (χ1) is 8.20. The Morgan fingerprint density at radius 2 is 1.71 bits per heavy atom. The largest absolute Gasteiger partial charge is 0.311 e. The van der Waals surface area contributed by atoms with Gasteiger partial charge < -0.3 is 5.32 Å². The third-order valence-corrected chi connectivity index (χ3v) is 5.32. The van der Waals surface area contributed by atoms with Gasteiger partial charge in [-0.15, -0.1) is 0 Å². The van der Waals surface area contributed by atoms with E-state index in [2.05, 4.69) is 26.1 Å². The van der Waals surface area contributed by atoms with Gasteiger partial charge in [-0.1, -0.05) is 46.5 Å². The van der Waals surface area contributed by atoms with Gasteiger partial charge in [-0.3, -0.25) is 0 Å². The molecule has 0 aromatic heterocycles. The molecule has 2 saturated carbocycles. The Kier molecular flexibility index (Phi) is 4.90. The Morgan fingerprint density at radius 3 is 2.47 bits per heavy atom. The van der Waals surface area contributed by atoms with Crippen LogP contribution in [0.3, 0.4) is 0 Å². The van der Waals surface area contributed by atoms with Crippen molar-refractivity contribution in [3.63, 3.8) is 0 Å². The predicted molar refractivity (Wildman–Crippen MR) is 75.1 cm³/mol. The molecule has 2 rings (SSSR count). The van der Waals surface area contributed by atoms with E-state index in [9.17, 15) is 0 Å². The Balaban J connectivity index is 1.89. The van der Waals surface area contributed by atoms with Gasteiger partial charge in [-0.25, -0.2) is 0 Å². The molecule has 5 unspecified atom stereocenters. The maximum atomic E-state index is 4.04. The Hall–Kier alpha value is -0.0400. The highest BCUT2D eigenvalue weighted by atomic mass is 15.0. The highest BCUT2D eigenvalue weighted by Crippen LogP contribution is 2.32. The van der Waals surface area contributed by atoms with Gasteiger partial charge in [-0.05, 0) is 43.4 Å². The average Bonchev–Trinajstić information content (AvgIpc) is 2.34. The molecule has 1 nitrogen and oxygen atoms in total. The first-order valence-corrected chi connectivity index (χ1v) is 7.96. The molecule has 0 aromatic carbocycles. The fourth-order valence-corrected chi connectivity index (χ4v) is 3.96. The van der Waals surface area contributed by atoms with Crippen molar-refractivity contribution in [1.82, 2.24) is 5.32 Å². The fourth-order valence-electron chi connectivity index (χ4n) is 3.96. The van der Waals surface area contributed by atoms with E-state index in [0.29, 0.717) is 0 Å². The SMILES string of the molecule is CCC1CCCCC1NC1CC(C)CCC1C. The molecule has 0 bridgehead atoms. The lowest BCUT2D eigenvalue weighted by Gasteiger charge is -2.40. The second-order valence-electron chi connectivity index (χ2n) is 6.73. The first kappa shape index (κ1) is 13.4. The Bertz CT molecular complexity index is 226. The second kappa shape index (κ2) is 6.22. The van der Waals surface area contributed by atoms with Crippen molar-refractivity contribution in [3.05, 3.63) is 0 Å². The van der Waals surface area contributed by atoms with Gasteiger partial charge in [0.15, 0.2) is 0 Å². The van der Waals surface area contributed by atoms with Gasteiger partial charge in [0.25, 0.3) is 0 Å². The zero-order valence-electron chi connectivity index (χ0n) is 12.0. The summed E-state index contributed by atoms with van der Waals surface area (Å²) in [7, 11) is 0. The maximum absolute atomic E-state index is 4.04. The van der Waals surface area contributed by atoms with Crippen LogP contribution in [0.5, 0.6) is 0 Å². The summed E-state index contributed by atoms with van der Waals surface area (Å²) in [6.45, 7) is 7.25. The predicted octanol–water partition coefficient (Wildman–Crippen LogP) is 4.37. The van der Waals surface area contributed by atoms with Crippen molar-refractivity contribution < 1.29 is 0 Å². The van der Waals surface area contributed by atoms with Crippen LogP contribution in [0.25, 0.3) is 0 Å². The van der Waals surface area contributed by atoms with Crippen LogP contribution >= 0.6 is 0 Å². The zero-order chi connectivity index (χ0) is 12.3. The van der Waals surface area contributed by atoms with Gasteiger partial charge >= 0.3 is 0 Å². The van der Waals surface area contributed by atoms with Crippen LogP contribution in [-0.2, 0) is 0 Å². The van der Waals surface area contributed by atoms with E-state index in [-0.39, 0.29) is 0 Å². The minimum absolute atomic E-state index is 0.802. The Labute approximate surface area is 108 Å². The highest BCUT2D eigenvalue weighted by molar-refractivity contribution is 4.88. The highest BCUT2D eigenvalue weighted by Gasteiger charge is 2.30. The van der Waals surface area contributed by atoms with Crippen molar-refractivity contribution in [2.75, 3.05) is 0 Å². The van der Waals surface area contributed by atoms with Gasteiger partial charge in [0.2, 0.25) is 0 Å². The molecule has 1 heteroatoms. The number of rotatable bonds is 3. The van der Waals surface area contributed by atoms with Crippen molar-refractivity contribution in [1.29, 1.82) is 0 Å². The van der Waals surface area contributed by atoms with Crippen LogP contribution in [0.1, 0.15) is 72.1 Å². The monoisotopic (exact) mass is 237 g/mol. The molecule has 0 aliphatic heterocycles. The summed E-state index contributed by atoms with van der Waals surface area (Å²) >= 11 is 0. The summed E-state index contributed by atoms with van der Waals surface area (Å²) in [5, 5.41) is 4.04. The van der Waals surface area contributed by atoms with Gasteiger partial charge in [0.1, 0.15) is 0 Å². The summed E-state index contributed by atoms with van der Waals surface area (Å²) in [6, 6.07) is 1.63. The lowest BCUT2D eigenvalue weighted by Crippen LogP contribution is -2.48. The fraction of sp³-hybridized carbons (Fsp3) is 1.00. The van der Waals surface area contributed by atoms with Crippen LogP contribution in [-0.4, -0.2) is 12.1 Å². The molecule has 17 heavy (non-hydrogen) atoms. The van der Waals surface area contributed by atoms with Crippen LogP contribution in [0.15, 0.2) is 0 Å². The topological polar surface area (TPSA) is 12.0 Å². The van der Waals surface area contributed by atoms with E-state index in [1.165, 1.54) is 51.4 Å². The summed E-state index contributed by atoms with van der Waals surface area (Å²) < 4.78 is 0. The molecule has 0 radical (unpaired) electrons. The normalized spacial score (nSPS) is 43.6. The summed E-state index contributed by atoms with van der Waals surface area (Å²) in [5.74, 6) is 2.78. The molecular formula is C16H31N. The molecule has 0 amide bonds. The smallest absolute Gasteiger partial charge is 0.00979 e. The van der Waals surface area contributed by atoms with Crippen molar-refractivity contribution in [3.8, 4) is 0 Å². The third-order valence-electron chi connectivity index (χ3n) is 5.32. The summed E-state index contributed by atoms with van der Waals surface area (Å²) in [4.78, 5) is 0. The molecule has 5 atom stereocenters. The molecule has 0 spiro atoms. The van der Waals surface area contributed by atoms with E-state index >= 15 is 0 Å². The summed E-state index contributed by atoms with van der Waals surface area (Å²) in [5.41, 5.74) is 0. The van der Waals surface area contributed by atoms with E-state index in [1.54, 1.807) is 0 Å². The van der Waals surface area contributed by atoms with Crippen molar-refractivity contribution >= 4 is 0 Å². The van der Waals surface area contributed by atoms with Gasteiger partial charge in [-0.2, -0.15) is 0 Å². The standard InChI is InChI=1S/C16H31N/c1-4-14-7-5-6-8-15(14)17-16-11-12(2)9-10-13(16)3/h12-17H,4-11H2,1-3H3. The lowest BCUT2D eigenvalue weighted by molar-refractivity contribution is 0.167. The molecule has 2 aliphatic carbocycles. The van der Waals surface area contributed by atoms with Gasteiger partial charge in [0, 0.05) is 12.1 Å². The van der Waals surface area contributed by atoms with Crippen LogP contribution in [0, 0.1) is 17.8 Å². The number of hydrogen-bond donors (Lipinski definition) is 1. The van der Waals surface area contributed by atoms with Crippen LogP contribution < -0.4 is 5.32 Å². The van der Waals surface area contributed by atoms with Crippen molar-refractivity contribution in [2.24, 2.45) is 17.8 Å². The first-order valence-electron chi connectivity index (χ1n) is 7.96. The third kappa shape index (κ3) is 3.47. The van der Waals surface area contributed by atoms with Gasteiger partial charge in [0.05, 0.1) is 0 Å². The van der Waals surface area contributed by atoms with E-state index in [1.807, 2.05) is 0 Å². The van der Waals surface area contributed by atoms with E-state index in [0.717, 1.165) is 29.8 Å².